The first-order valence-electron chi connectivity index (χ1n) is 6.44. The van der Waals surface area contributed by atoms with Gasteiger partial charge in [-0.05, 0) is 36.4 Å². The smallest absolute Gasteiger partial charge is 0.338 e. The second-order valence-electron chi connectivity index (χ2n) is 4.57. The number of rotatable bonds is 4. The number of hydrogen-bond donors (Lipinski definition) is 1. The normalized spacial score (nSPS) is 10.1. The first-order chi connectivity index (χ1) is 10.5. The Morgan fingerprint density at radius 2 is 1.86 bits per heavy atom. The predicted octanol–water partition coefficient (Wildman–Crippen LogP) is 3.90. The van der Waals surface area contributed by atoms with E-state index in [2.05, 4.69) is 21.2 Å². The highest BCUT2D eigenvalue weighted by atomic mass is 79.9. The van der Waals surface area contributed by atoms with Crippen LogP contribution in [0.2, 0.25) is 0 Å². The van der Waals surface area contributed by atoms with E-state index in [9.17, 15) is 14.0 Å². The molecular weight excluding hydrogens is 353 g/mol. The molecule has 0 spiro atoms. The van der Waals surface area contributed by atoms with Crippen molar-refractivity contribution >= 4 is 33.5 Å². The fourth-order valence-electron chi connectivity index (χ4n) is 1.76. The highest BCUT2D eigenvalue weighted by molar-refractivity contribution is 9.10. The molecule has 0 saturated heterocycles. The van der Waals surface area contributed by atoms with Gasteiger partial charge >= 0.3 is 5.97 Å². The monoisotopic (exact) mass is 365 g/mol. The second kappa shape index (κ2) is 7.17. The van der Waals surface area contributed by atoms with E-state index in [0.29, 0.717) is 21.3 Å². The molecule has 0 aliphatic carbocycles. The fraction of sp³-hybridized carbons (Fsp3) is 0.125. The van der Waals surface area contributed by atoms with Gasteiger partial charge in [-0.15, -0.1) is 0 Å². The first-order valence-corrected chi connectivity index (χ1v) is 7.23. The zero-order chi connectivity index (χ0) is 16.1. The van der Waals surface area contributed by atoms with Gasteiger partial charge in [-0.1, -0.05) is 22.0 Å². The third kappa shape index (κ3) is 4.39. The molecule has 0 unspecified atom stereocenters. The lowest BCUT2D eigenvalue weighted by Crippen LogP contribution is -2.08. The summed E-state index contributed by atoms with van der Waals surface area (Å²) in [5, 5.41) is 2.60. The van der Waals surface area contributed by atoms with E-state index in [-0.39, 0.29) is 12.5 Å². The molecule has 0 radical (unpaired) electrons. The van der Waals surface area contributed by atoms with Crippen LogP contribution in [0.3, 0.4) is 0 Å². The number of benzene rings is 2. The average Bonchev–Trinajstić information content (AvgIpc) is 2.46. The van der Waals surface area contributed by atoms with Gasteiger partial charge in [-0.3, -0.25) is 4.79 Å². The van der Waals surface area contributed by atoms with Crippen LogP contribution in [0.4, 0.5) is 10.1 Å². The molecule has 0 bridgehead atoms. The van der Waals surface area contributed by atoms with Crippen molar-refractivity contribution in [3.8, 4) is 0 Å². The summed E-state index contributed by atoms with van der Waals surface area (Å²) in [6, 6.07) is 10.8. The van der Waals surface area contributed by atoms with Crippen LogP contribution in [-0.4, -0.2) is 11.9 Å². The number of halogens is 2. The molecule has 1 amide bonds. The van der Waals surface area contributed by atoms with Gasteiger partial charge in [-0.2, -0.15) is 0 Å². The molecule has 6 heteroatoms. The minimum absolute atomic E-state index is 0.147. The van der Waals surface area contributed by atoms with Gasteiger partial charge in [0.05, 0.1) is 5.56 Å². The van der Waals surface area contributed by atoms with E-state index in [4.69, 9.17) is 4.74 Å². The standard InChI is InChI=1S/C16H13BrFNO3/c1-10(20)19-14-6-3-11(4-7-14)16(21)22-9-12-2-5-13(17)8-15(12)18/h2-8H,9H2,1H3,(H,19,20). The Balaban J connectivity index is 1.98. The zero-order valence-corrected chi connectivity index (χ0v) is 13.3. The SMILES string of the molecule is CC(=O)Nc1ccc(C(=O)OCc2ccc(Br)cc2F)cc1. The van der Waals surface area contributed by atoms with Crippen LogP contribution in [-0.2, 0) is 16.1 Å². The lowest BCUT2D eigenvalue weighted by atomic mass is 10.2. The van der Waals surface area contributed by atoms with Crippen LogP contribution < -0.4 is 5.32 Å². The molecule has 1 N–H and O–H groups in total. The van der Waals surface area contributed by atoms with Crippen molar-refractivity contribution in [2.45, 2.75) is 13.5 Å². The van der Waals surface area contributed by atoms with Crippen LogP contribution in [0, 0.1) is 5.82 Å². The number of anilines is 1. The third-order valence-corrected chi connectivity index (χ3v) is 3.31. The molecule has 0 aliphatic heterocycles. The van der Waals surface area contributed by atoms with Crippen molar-refractivity contribution in [1.29, 1.82) is 0 Å². The summed E-state index contributed by atoms with van der Waals surface area (Å²) in [5.41, 5.74) is 1.21. The lowest BCUT2D eigenvalue weighted by Gasteiger charge is -2.07. The summed E-state index contributed by atoms with van der Waals surface area (Å²) in [5.74, 6) is -1.19. The topological polar surface area (TPSA) is 55.4 Å². The predicted molar refractivity (Wildman–Crippen MR) is 84.0 cm³/mol. The number of nitrogens with one attached hydrogen (secondary N) is 1. The quantitative estimate of drug-likeness (QED) is 0.835. The van der Waals surface area contributed by atoms with Crippen molar-refractivity contribution in [3.63, 3.8) is 0 Å². The van der Waals surface area contributed by atoms with Gasteiger partial charge < -0.3 is 10.1 Å². The molecular formula is C16H13BrFNO3. The Labute approximate surface area is 135 Å². The number of ether oxygens (including phenoxy) is 1. The molecule has 2 rings (SSSR count). The van der Waals surface area contributed by atoms with Gasteiger partial charge in [0.2, 0.25) is 5.91 Å². The van der Waals surface area contributed by atoms with E-state index in [1.807, 2.05) is 0 Å². The summed E-state index contributed by atoms with van der Waals surface area (Å²) < 4.78 is 19.3. The molecule has 4 nitrogen and oxygen atoms in total. The zero-order valence-electron chi connectivity index (χ0n) is 11.7. The van der Waals surface area contributed by atoms with Gasteiger partial charge in [0.25, 0.3) is 0 Å². The lowest BCUT2D eigenvalue weighted by molar-refractivity contribution is -0.114. The molecule has 0 atom stereocenters. The van der Waals surface area contributed by atoms with E-state index >= 15 is 0 Å². The van der Waals surface area contributed by atoms with E-state index in [1.54, 1.807) is 24.3 Å². The summed E-state index contributed by atoms with van der Waals surface area (Å²) in [7, 11) is 0. The van der Waals surface area contributed by atoms with Crippen LogP contribution in [0.5, 0.6) is 0 Å². The van der Waals surface area contributed by atoms with Crippen molar-refractivity contribution in [3.05, 3.63) is 63.9 Å². The molecule has 114 valence electrons. The fourth-order valence-corrected chi connectivity index (χ4v) is 2.09. The Morgan fingerprint density at radius 1 is 1.18 bits per heavy atom. The molecule has 0 aromatic heterocycles. The maximum atomic E-state index is 13.6. The minimum atomic E-state index is -0.559. The molecule has 2 aromatic carbocycles. The van der Waals surface area contributed by atoms with E-state index in [0.717, 1.165) is 0 Å². The summed E-state index contributed by atoms with van der Waals surface area (Å²) in [6.45, 7) is 1.25. The maximum absolute atomic E-state index is 13.6. The van der Waals surface area contributed by atoms with E-state index in [1.165, 1.54) is 25.1 Å². The average molecular weight is 366 g/mol. The Morgan fingerprint density at radius 3 is 2.45 bits per heavy atom. The molecule has 0 saturated carbocycles. The molecule has 0 aliphatic rings. The highest BCUT2D eigenvalue weighted by Crippen LogP contribution is 2.17. The number of hydrogen-bond acceptors (Lipinski definition) is 3. The minimum Gasteiger partial charge on any atom is -0.457 e. The van der Waals surface area contributed by atoms with Crippen LogP contribution >= 0.6 is 15.9 Å². The highest BCUT2D eigenvalue weighted by Gasteiger charge is 2.10. The largest absolute Gasteiger partial charge is 0.457 e. The van der Waals surface area contributed by atoms with Gasteiger partial charge in [-0.25, -0.2) is 9.18 Å². The van der Waals surface area contributed by atoms with Crippen molar-refractivity contribution < 1.29 is 18.7 Å². The van der Waals surface area contributed by atoms with Gasteiger partial charge in [0, 0.05) is 22.6 Å². The summed E-state index contributed by atoms with van der Waals surface area (Å²) in [4.78, 5) is 22.8. The molecule has 22 heavy (non-hydrogen) atoms. The summed E-state index contributed by atoms with van der Waals surface area (Å²) in [6.07, 6.45) is 0. The first kappa shape index (κ1) is 16.2. The number of esters is 1. The van der Waals surface area contributed by atoms with Crippen molar-refractivity contribution in [2.75, 3.05) is 5.32 Å². The van der Waals surface area contributed by atoms with Crippen LogP contribution in [0.25, 0.3) is 0 Å². The maximum Gasteiger partial charge on any atom is 0.338 e. The van der Waals surface area contributed by atoms with Gasteiger partial charge in [0.15, 0.2) is 0 Å². The number of amides is 1. The molecule has 2 aromatic rings. The van der Waals surface area contributed by atoms with Crippen LogP contribution in [0.15, 0.2) is 46.9 Å². The van der Waals surface area contributed by atoms with Gasteiger partial charge in [0.1, 0.15) is 12.4 Å². The van der Waals surface area contributed by atoms with E-state index < -0.39 is 11.8 Å². The number of carbonyl (C=O) groups excluding carboxylic acids is 2. The Kier molecular flexibility index (Phi) is 5.27. The summed E-state index contributed by atoms with van der Waals surface area (Å²) >= 11 is 3.16. The Hall–Kier alpha value is -2.21. The molecule has 0 heterocycles. The van der Waals surface area contributed by atoms with Crippen molar-refractivity contribution in [2.24, 2.45) is 0 Å². The second-order valence-corrected chi connectivity index (χ2v) is 5.49. The van der Waals surface area contributed by atoms with Crippen molar-refractivity contribution in [1.82, 2.24) is 0 Å². The van der Waals surface area contributed by atoms with Crippen LogP contribution in [0.1, 0.15) is 22.8 Å². The third-order valence-electron chi connectivity index (χ3n) is 2.81. The Bertz CT molecular complexity index is 701. The molecule has 0 fully saturated rings. The number of carbonyl (C=O) groups is 2.